The number of rotatable bonds is 13. The minimum absolute atomic E-state index is 0.0212. The van der Waals surface area contributed by atoms with E-state index < -0.39 is 16.9 Å². The number of hydrogen-bond acceptors (Lipinski definition) is 5. The summed E-state index contributed by atoms with van der Waals surface area (Å²) < 4.78 is 17.0. The Hall–Kier alpha value is -0.216. The van der Waals surface area contributed by atoms with Gasteiger partial charge >= 0.3 is 8.56 Å². The van der Waals surface area contributed by atoms with Crippen LogP contribution in [0.3, 0.4) is 0 Å². The zero-order chi connectivity index (χ0) is 18.8. The number of nitrogens with zero attached hydrogens (tertiary/aromatic N) is 1. The third-order valence-electron chi connectivity index (χ3n) is 5.27. The van der Waals surface area contributed by atoms with Gasteiger partial charge in [-0.25, -0.2) is 0 Å². The first-order chi connectivity index (χ1) is 11.2. The second kappa shape index (κ2) is 11.4. The van der Waals surface area contributed by atoms with Crippen LogP contribution in [0.4, 0.5) is 0 Å². The van der Waals surface area contributed by atoms with Crippen LogP contribution < -0.4 is 0 Å². The highest BCUT2D eigenvalue weighted by atomic mass is 28.4. The predicted molar refractivity (Wildman–Crippen MR) is 105 cm³/mol. The van der Waals surface area contributed by atoms with E-state index in [9.17, 15) is 4.79 Å². The van der Waals surface area contributed by atoms with Crippen LogP contribution in [0.5, 0.6) is 0 Å². The molecule has 24 heavy (non-hydrogen) atoms. The Balaban J connectivity index is 4.35. The van der Waals surface area contributed by atoms with Crippen LogP contribution in [0.1, 0.15) is 34.1 Å². The summed E-state index contributed by atoms with van der Waals surface area (Å²) in [6.07, 6.45) is 1.01. The molecule has 0 N–H and O–H groups in total. The third-order valence-corrected chi connectivity index (χ3v) is 12.8. The molecule has 144 valence electrons. The van der Waals surface area contributed by atoms with Crippen LogP contribution in [-0.4, -0.2) is 62.1 Å². The molecule has 0 saturated heterocycles. The quantitative estimate of drug-likeness (QED) is 0.456. The Morgan fingerprint density at radius 3 is 2.00 bits per heavy atom. The minimum atomic E-state index is -1.99. The second-order valence-corrected chi connectivity index (χ2v) is 15.2. The molecule has 0 heterocycles. The molecule has 0 aliphatic heterocycles. The lowest BCUT2D eigenvalue weighted by Crippen LogP contribution is -2.42. The van der Waals surface area contributed by atoms with Crippen molar-refractivity contribution in [3.8, 4) is 0 Å². The summed E-state index contributed by atoms with van der Waals surface area (Å²) in [4.78, 5) is 14.7. The van der Waals surface area contributed by atoms with E-state index in [0.29, 0.717) is 0 Å². The van der Waals surface area contributed by atoms with Crippen LogP contribution in [-0.2, 0) is 18.1 Å². The van der Waals surface area contributed by atoms with Gasteiger partial charge in [-0.15, -0.1) is 0 Å². The molecule has 1 atom stereocenters. The largest absolute Gasteiger partial charge is 0.519 e. The van der Waals surface area contributed by atoms with Crippen molar-refractivity contribution in [2.75, 3.05) is 34.4 Å². The highest BCUT2D eigenvalue weighted by molar-refractivity contribution is 6.74. The first-order valence-electron chi connectivity index (χ1n) is 9.23. The van der Waals surface area contributed by atoms with Crippen molar-refractivity contribution in [3.63, 3.8) is 0 Å². The van der Waals surface area contributed by atoms with Gasteiger partial charge < -0.3 is 18.2 Å². The van der Waals surface area contributed by atoms with Crippen molar-refractivity contribution in [1.82, 2.24) is 4.90 Å². The fourth-order valence-electron chi connectivity index (χ4n) is 2.87. The normalized spacial score (nSPS) is 14.0. The van der Waals surface area contributed by atoms with Gasteiger partial charge in [0.15, 0.2) is 0 Å². The molecule has 0 spiro atoms. The van der Waals surface area contributed by atoms with E-state index >= 15 is 0 Å². The second-order valence-electron chi connectivity index (χ2n) is 6.97. The summed E-state index contributed by atoms with van der Waals surface area (Å²) in [6, 6.07) is 3.98. The van der Waals surface area contributed by atoms with Gasteiger partial charge in [-0.3, -0.25) is 4.79 Å². The van der Waals surface area contributed by atoms with Crippen LogP contribution in [0.15, 0.2) is 0 Å². The summed E-state index contributed by atoms with van der Waals surface area (Å²) >= 11 is 0. The van der Waals surface area contributed by atoms with Gasteiger partial charge in [-0.2, -0.15) is 0 Å². The Bertz CT molecular complexity index is 352. The number of carbonyl (C=O) groups is 1. The Kier molecular flexibility index (Phi) is 11.3. The lowest BCUT2D eigenvalue weighted by molar-refractivity contribution is -0.139. The average Bonchev–Trinajstić information content (AvgIpc) is 2.59. The van der Waals surface area contributed by atoms with Gasteiger partial charge in [0.25, 0.3) is 14.3 Å². The molecule has 0 fully saturated rings. The Morgan fingerprint density at radius 1 is 1.08 bits per heavy atom. The van der Waals surface area contributed by atoms with E-state index in [1.807, 2.05) is 6.92 Å². The summed E-state index contributed by atoms with van der Waals surface area (Å²) in [6.45, 7) is 12.2. The van der Waals surface area contributed by atoms with Crippen LogP contribution in [0.25, 0.3) is 0 Å². The molecule has 0 radical (unpaired) electrons. The van der Waals surface area contributed by atoms with Crippen LogP contribution in [0, 0.1) is 5.92 Å². The van der Waals surface area contributed by atoms with Gasteiger partial charge in [-0.05, 0) is 50.7 Å². The highest BCUT2D eigenvalue weighted by Gasteiger charge is 2.34. The molecule has 0 amide bonds. The molecule has 5 nitrogen and oxygen atoms in total. The van der Waals surface area contributed by atoms with Crippen molar-refractivity contribution in [2.24, 2.45) is 5.92 Å². The smallest absolute Gasteiger partial charge is 0.334 e. The molecule has 1 unspecified atom stereocenters. The molecule has 0 aromatic carbocycles. The van der Waals surface area contributed by atoms with Gasteiger partial charge in [-0.1, -0.05) is 27.7 Å². The molecule has 0 aromatic rings. The molecular formula is C17H39NO4Si2. The van der Waals surface area contributed by atoms with Crippen molar-refractivity contribution >= 4 is 22.8 Å². The van der Waals surface area contributed by atoms with Crippen molar-refractivity contribution in [1.29, 1.82) is 0 Å². The molecule has 0 aromatic heterocycles. The first kappa shape index (κ1) is 23.8. The van der Waals surface area contributed by atoms with E-state index in [4.69, 9.17) is 13.3 Å². The molecule has 0 saturated carbocycles. The van der Waals surface area contributed by atoms with Gasteiger partial charge in [0.1, 0.15) is 0 Å². The van der Waals surface area contributed by atoms with Gasteiger partial charge in [0.2, 0.25) is 0 Å². The van der Waals surface area contributed by atoms with E-state index in [1.54, 1.807) is 14.2 Å². The van der Waals surface area contributed by atoms with Gasteiger partial charge in [0, 0.05) is 20.8 Å². The molecule has 0 bridgehead atoms. The fourth-order valence-corrected chi connectivity index (χ4v) is 6.81. The Morgan fingerprint density at radius 2 is 1.58 bits per heavy atom. The number of hydrogen-bond donors (Lipinski definition) is 0. The highest BCUT2D eigenvalue weighted by Crippen LogP contribution is 2.23. The first-order valence-corrected chi connectivity index (χ1v) is 14.3. The van der Waals surface area contributed by atoms with E-state index in [-0.39, 0.29) is 11.9 Å². The summed E-state index contributed by atoms with van der Waals surface area (Å²) in [5, 5.41) is 0. The predicted octanol–water partition coefficient (Wildman–Crippen LogP) is 3.86. The Labute approximate surface area is 151 Å². The number of carbonyl (C=O) groups excluding carboxylic acids is 1. The molecule has 0 aliphatic carbocycles. The monoisotopic (exact) mass is 377 g/mol. The summed E-state index contributed by atoms with van der Waals surface area (Å²) in [7, 11) is 1.68. The van der Waals surface area contributed by atoms with Crippen LogP contribution in [0.2, 0.25) is 30.7 Å². The third kappa shape index (κ3) is 7.78. The van der Waals surface area contributed by atoms with Crippen molar-refractivity contribution < 1.29 is 18.1 Å². The van der Waals surface area contributed by atoms with Crippen molar-refractivity contribution in [3.05, 3.63) is 0 Å². The lowest BCUT2D eigenvalue weighted by Gasteiger charge is -2.30. The lowest BCUT2D eigenvalue weighted by atomic mass is 10.2. The summed E-state index contributed by atoms with van der Waals surface area (Å²) in [5.41, 5.74) is 0. The van der Waals surface area contributed by atoms with E-state index in [0.717, 1.165) is 43.7 Å². The molecule has 7 heteroatoms. The van der Waals surface area contributed by atoms with E-state index in [1.165, 1.54) is 0 Å². The summed E-state index contributed by atoms with van der Waals surface area (Å²) in [5.74, 6) is -0.105. The standard InChI is InChI=1S/C17H39NO4Si2/c1-9-24(10-2,11-3)22-17(19)16(4)15-18(5)13-12-14-23(8,20-6)21-7/h16H,9-15H2,1-8H3. The SMILES string of the molecule is CC[Si](CC)(CC)OC(=O)C(C)CN(C)CCC[Si](C)(OC)OC. The average molecular weight is 378 g/mol. The maximum atomic E-state index is 12.4. The molecule has 0 rings (SSSR count). The van der Waals surface area contributed by atoms with Crippen LogP contribution >= 0.6 is 0 Å². The zero-order valence-electron chi connectivity index (χ0n) is 17.1. The molecule has 0 aliphatic rings. The maximum absolute atomic E-state index is 12.4. The van der Waals surface area contributed by atoms with Crippen molar-refractivity contribution in [2.45, 2.75) is 64.8 Å². The molecular weight excluding hydrogens is 338 g/mol. The zero-order valence-corrected chi connectivity index (χ0v) is 19.1. The maximum Gasteiger partial charge on any atom is 0.334 e. The van der Waals surface area contributed by atoms with Gasteiger partial charge in [0.05, 0.1) is 5.92 Å². The fraction of sp³-hybridized carbons (Fsp3) is 0.941. The van der Waals surface area contributed by atoms with E-state index in [2.05, 4.69) is 39.3 Å². The topological polar surface area (TPSA) is 48.0 Å². The minimum Gasteiger partial charge on any atom is -0.519 e.